The predicted molar refractivity (Wildman–Crippen MR) is 289 cm³/mol. The van der Waals surface area contributed by atoms with E-state index < -0.39 is 74.2 Å². The predicted octanol–water partition coefficient (Wildman–Crippen LogP) is 12.7. The number of ether oxygens (including phenoxy) is 2. The average Bonchev–Trinajstić information content (AvgIpc) is 3.36. The molecule has 1 aliphatic rings. The summed E-state index contributed by atoms with van der Waals surface area (Å²) >= 11 is 0. The van der Waals surface area contributed by atoms with Gasteiger partial charge in [-0.3, -0.25) is 4.79 Å². The molecule has 8 N–H and O–H groups in total. The van der Waals surface area contributed by atoms with E-state index in [0.717, 1.165) is 38.5 Å². The van der Waals surface area contributed by atoms with Gasteiger partial charge in [-0.15, -0.1) is 0 Å². The Balaban J connectivity index is 2.27. The smallest absolute Gasteiger partial charge is 0.249 e. The third-order valence-electron chi connectivity index (χ3n) is 14.8. The first-order valence-electron chi connectivity index (χ1n) is 30.1. The second-order valence-corrected chi connectivity index (χ2v) is 21.4. The molecule has 0 spiro atoms. The van der Waals surface area contributed by atoms with Crippen LogP contribution in [-0.2, 0) is 14.3 Å². The molecule has 1 heterocycles. The van der Waals surface area contributed by atoms with E-state index in [1.54, 1.807) is 0 Å². The highest BCUT2D eigenvalue weighted by Gasteiger charge is 2.44. The van der Waals surface area contributed by atoms with Crippen molar-refractivity contribution in [3.63, 3.8) is 0 Å². The largest absolute Gasteiger partial charge is 0.394 e. The Morgan fingerprint density at radius 1 is 0.486 bits per heavy atom. The lowest BCUT2D eigenvalue weighted by Gasteiger charge is -2.40. The van der Waals surface area contributed by atoms with Gasteiger partial charge in [0.25, 0.3) is 0 Å². The molecule has 9 atom stereocenters. The van der Waals surface area contributed by atoms with Gasteiger partial charge >= 0.3 is 0 Å². The first kappa shape index (κ1) is 66.9. The molecule has 0 radical (unpaired) electrons. The normalized spacial score (nSPS) is 20.3. The van der Waals surface area contributed by atoms with Crippen LogP contribution in [0.25, 0.3) is 0 Å². The minimum Gasteiger partial charge on any atom is -0.394 e. The average molecular weight is 999 g/mol. The number of carbonyl (C=O) groups excluding carboxylic acids is 1. The van der Waals surface area contributed by atoms with Gasteiger partial charge in [-0.1, -0.05) is 264 Å². The summed E-state index contributed by atoms with van der Waals surface area (Å²) in [4.78, 5) is 13.2. The molecule has 1 aliphatic heterocycles. The molecule has 70 heavy (non-hydrogen) atoms. The summed E-state index contributed by atoms with van der Waals surface area (Å²) < 4.78 is 11.2. The van der Waals surface area contributed by atoms with Crippen molar-refractivity contribution in [2.24, 2.45) is 0 Å². The van der Waals surface area contributed by atoms with Crippen LogP contribution in [-0.4, -0.2) is 110 Å². The zero-order valence-corrected chi connectivity index (χ0v) is 45.5. The van der Waals surface area contributed by atoms with Crippen LogP contribution in [0, 0.1) is 0 Å². The molecule has 1 amide bonds. The van der Waals surface area contributed by atoms with Gasteiger partial charge in [0, 0.05) is 0 Å². The molecule has 11 nitrogen and oxygen atoms in total. The molecule has 0 aromatic rings. The van der Waals surface area contributed by atoms with E-state index in [1.165, 1.54) is 212 Å². The number of nitrogens with one attached hydrogen (secondary N) is 1. The molecule has 0 aromatic heterocycles. The molecular formula is C59H115NO10. The van der Waals surface area contributed by atoms with Crippen LogP contribution in [0.1, 0.15) is 290 Å². The van der Waals surface area contributed by atoms with Crippen molar-refractivity contribution >= 4 is 5.91 Å². The van der Waals surface area contributed by atoms with Crippen molar-refractivity contribution in [2.45, 2.75) is 345 Å². The van der Waals surface area contributed by atoms with Crippen LogP contribution in [0.15, 0.2) is 12.2 Å². The van der Waals surface area contributed by atoms with Crippen molar-refractivity contribution in [2.75, 3.05) is 13.2 Å². The number of rotatable bonds is 52. The van der Waals surface area contributed by atoms with Crippen molar-refractivity contribution in [1.82, 2.24) is 5.32 Å². The second-order valence-electron chi connectivity index (χ2n) is 21.4. The number of allylic oxidation sites excluding steroid dienone is 2. The van der Waals surface area contributed by atoms with E-state index in [9.17, 15) is 40.5 Å². The summed E-state index contributed by atoms with van der Waals surface area (Å²) in [7, 11) is 0. The summed E-state index contributed by atoms with van der Waals surface area (Å²) in [6, 6.07) is -1.17. The van der Waals surface area contributed by atoms with Gasteiger partial charge in [0.2, 0.25) is 5.91 Å². The van der Waals surface area contributed by atoms with Crippen molar-refractivity contribution in [3.8, 4) is 0 Å². The quantitative estimate of drug-likeness (QED) is 0.0215. The van der Waals surface area contributed by atoms with Crippen LogP contribution >= 0.6 is 0 Å². The number of hydrogen-bond acceptors (Lipinski definition) is 10. The fourth-order valence-corrected chi connectivity index (χ4v) is 9.91. The highest BCUT2D eigenvalue weighted by Crippen LogP contribution is 2.24. The number of carbonyl (C=O) groups is 1. The number of hydrogen-bond donors (Lipinski definition) is 8. The van der Waals surface area contributed by atoms with Crippen LogP contribution in [0.4, 0.5) is 0 Å². The van der Waals surface area contributed by atoms with Crippen LogP contribution < -0.4 is 5.32 Å². The third-order valence-corrected chi connectivity index (χ3v) is 14.8. The summed E-state index contributed by atoms with van der Waals surface area (Å²) in [5, 5.41) is 76.2. The zero-order valence-electron chi connectivity index (χ0n) is 45.5. The van der Waals surface area contributed by atoms with E-state index in [1.807, 2.05) is 0 Å². The summed E-state index contributed by atoms with van der Waals surface area (Å²) in [6.45, 7) is 3.49. The first-order valence-corrected chi connectivity index (χ1v) is 30.1. The van der Waals surface area contributed by atoms with E-state index in [2.05, 4.69) is 31.3 Å². The van der Waals surface area contributed by atoms with E-state index >= 15 is 0 Å². The molecule has 0 aromatic carbocycles. The number of unbranched alkanes of at least 4 members (excludes halogenated alkanes) is 38. The monoisotopic (exact) mass is 998 g/mol. The lowest BCUT2D eigenvalue weighted by molar-refractivity contribution is -0.303. The van der Waals surface area contributed by atoms with Crippen LogP contribution in [0.5, 0.6) is 0 Å². The molecule has 0 saturated carbocycles. The minimum absolute atomic E-state index is 0.262. The maximum atomic E-state index is 13.2. The Hall–Kier alpha value is -1.15. The Morgan fingerprint density at radius 2 is 0.829 bits per heavy atom. The SMILES string of the molecule is CCCCCCCCCCCCCC/C=C\CCCCCCCCCCCCC(O)C(=O)NC(COC1OC(CO)C(O)C(O)C1O)C(O)C(O)CCCCCCCCCCCCCCCCCCC. The highest BCUT2D eigenvalue weighted by atomic mass is 16.7. The van der Waals surface area contributed by atoms with Gasteiger partial charge < -0.3 is 50.5 Å². The Morgan fingerprint density at radius 3 is 1.20 bits per heavy atom. The lowest BCUT2D eigenvalue weighted by Crippen LogP contribution is -2.60. The van der Waals surface area contributed by atoms with Gasteiger partial charge in [-0.05, 0) is 38.5 Å². The topological polar surface area (TPSA) is 189 Å². The molecule has 1 fully saturated rings. The van der Waals surface area contributed by atoms with Gasteiger partial charge in [0.1, 0.15) is 36.6 Å². The van der Waals surface area contributed by atoms with E-state index in [0.29, 0.717) is 19.3 Å². The fourth-order valence-electron chi connectivity index (χ4n) is 9.91. The molecule has 0 aliphatic carbocycles. The molecular weight excluding hydrogens is 883 g/mol. The van der Waals surface area contributed by atoms with Gasteiger partial charge in [0.05, 0.1) is 25.4 Å². The summed E-state index contributed by atoms with van der Waals surface area (Å²) in [6.07, 6.45) is 45.5. The fraction of sp³-hybridized carbons (Fsp3) is 0.949. The number of aliphatic hydroxyl groups is 7. The van der Waals surface area contributed by atoms with Crippen molar-refractivity contribution in [1.29, 1.82) is 0 Å². The van der Waals surface area contributed by atoms with Crippen LogP contribution in [0.3, 0.4) is 0 Å². The Kier molecular flexibility index (Phi) is 46.6. The first-order chi connectivity index (χ1) is 34.2. The zero-order chi connectivity index (χ0) is 51.1. The molecule has 1 saturated heterocycles. The van der Waals surface area contributed by atoms with Gasteiger partial charge in [0.15, 0.2) is 6.29 Å². The Labute approximate surface area is 430 Å². The van der Waals surface area contributed by atoms with Crippen molar-refractivity contribution < 1.29 is 50.0 Å². The molecule has 0 bridgehead atoms. The van der Waals surface area contributed by atoms with Gasteiger partial charge in [-0.2, -0.15) is 0 Å². The van der Waals surface area contributed by atoms with Crippen molar-refractivity contribution in [3.05, 3.63) is 12.2 Å². The summed E-state index contributed by atoms with van der Waals surface area (Å²) in [5.41, 5.74) is 0. The maximum absolute atomic E-state index is 13.2. The summed E-state index contributed by atoms with van der Waals surface area (Å²) in [5.74, 6) is -0.693. The van der Waals surface area contributed by atoms with E-state index in [-0.39, 0.29) is 6.42 Å². The standard InChI is InChI=1S/C59H115NO10/c1-3-5-7-9-11-13-15-17-19-21-22-23-24-25-26-27-28-29-31-33-35-37-39-41-43-45-47-52(63)58(68)60-50(49-69-59-57(67)56(66)55(65)53(48-61)70-59)54(64)51(62)46-44-42-40-38-36-34-32-30-20-18-16-14-12-10-8-6-4-2/h25-26,50-57,59,61-67H,3-24,27-49H2,1-2H3,(H,60,68)/b26-25-. The Bertz CT molecular complexity index is 1140. The maximum Gasteiger partial charge on any atom is 0.249 e. The number of amides is 1. The lowest BCUT2D eigenvalue weighted by atomic mass is 9.98. The molecule has 9 unspecified atom stereocenters. The third kappa shape index (κ3) is 36.7. The molecule has 416 valence electrons. The highest BCUT2D eigenvalue weighted by molar-refractivity contribution is 5.80. The van der Waals surface area contributed by atoms with E-state index in [4.69, 9.17) is 9.47 Å². The van der Waals surface area contributed by atoms with Crippen LogP contribution in [0.2, 0.25) is 0 Å². The molecule has 11 heteroatoms. The molecule has 1 rings (SSSR count). The van der Waals surface area contributed by atoms with Gasteiger partial charge in [-0.25, -0.2) is 0 Å². The second kappa shape index (κ2) is 48.8. The number of aliphatic hydroxyl groups excluding tert-OH is 7. The minimum atomic E-state index is -1.66.